The van der Waals surface area contributed by atoms with Gasteiger partial charge in [0.05, 0.1) is 23.7 Å². The van der Waals surface area contributed by atoms with Crippen molar-refractivity contribution < 1.29 is 13.9 Å². The molecule has 116 valence electrons. The number of methoxy groups -OCH3 is 1. The first-order chi connectivity index (χ1) is 10.5. The predicted molar refractivity (Wildman–Crippen MR) is 86.5 cm³/mol. The third-order valence-electron chi connectivity index (χ3n) is 2.81. The lowest BCUT2D eigenvalue weighted by Gasteiger charge is -2.10. The van der Waals surface area contributed by atoms with Crippen LogP contribution >= 0.6 is 23.2 Å². The van der Waals surface area contributed by atoms with E-state index in [1.807, 2.05) is 0 Å². The van der Waals surface area contributed by atoms with Gasteiger partial charge >= 0.3 is 0 Å². The number of rotatable bonds is 5. The first kappa shape index (κ1) is 16.4. The summed E-state index contributed by atoms with van der Waals surface area (Å²) in [5.74, 6) is -0.259. The van der Waals surface area contributed by atoms with Crippen molar-refractivity contribution in [2.45, 2.75) is 0 Å². The highest BCUT2D eigenvalue weighted by atomic mass is 35.5. The van der Waals surface area contributed by atoms with Gasteiger partial charge in [0.15, 0.2) is 0 Å². The Labute approximate surface area is 137 Å². The van der Waals surface area contributed by atoms with Gasteiger partial charge in [-0.2, -0.15) is 0 Å². The molecule has 2 aromatic carbocycles. The van der Waals surface area contributed by atoms with Gasteiger partial charge in [-0.15, -0.1) is 0 Å². The van der Waals surface area contributed by atoms with Crippen LogP contribution in [0.1, 0.15) is 0 Å². The summed E-state index contributed by atoms with van der Waals surface area (Å²) in [6.45, 7) is 0.00557. The lowest BCUT2D eigenvalue weighted by atomic mass is 10.3. The molecule has 0 aromatic heterocycles. The normalized spacial score (nSPS) is 10.2. The smallest absolute Gasteiger partial charge is 0.243 e. The summed E-state index contributed by atoms with van der Waals surface area (Å²) in [4.78, 5) is 11.8. The summed E-state index contributed by atoms with van der Waals surface area (Å²) in [5.41, 5.74) is 1.10. The molecule has 0 saturated carbocycles. The molecule has 1 amide bonds. The average molecular weight is 343 g/mol. The van der Waals surface area contributed by atoms with E-state index in [0.29, 0.717) is 22.1 Å². The number of carbonyl (C=O) groups is 1. The molecule has 0 radical (unpaired) electrons. The Bertz CT molecular complexity index is 695. The molecule has 0 aliphatic heterocycles. The quantitative estimate of drug-likeness (QED) is 0.856. The number of ether oxygens (including phenoxy) is 1. The van der Waals surface area contributed by atoms with Gasteiger partial charge in [0.25, 0.3) is 0 Å². The molecule has 2 rings (SSSR count). The Hall–Kier alpha value is -1.98. The maximum atomic E-state index is 13.0. The molecular weight excluding hydrogens is 330 g/mol. The molecule has 0 aliphatic rings. The second-order valence-corrected chi connectivity index (χ2v) is 5.19. The molecular formula is C15H13Cl2FN2O2. The van der Waals surface area contributed by atoms with Gasteiger partial charge < -0.3 is 15.4 Å². The third-order valence-corrected chi connectivity index (χ3v) is 3.39. The van der Waals surface area contributed by atoms with E-state index in [-0.39, 0.29) is 17.5 Å². The minimum Gasteiger partial charge on any atom is -0.495 e. The largest absolute Gasteiger partial charge is 0.495 e. The van der Waals surface area contributed by atoms with Crippen LogP contribution < -0.4 is 15.4 Å². The van der Waals surface area contributed by atoms with Gasteiger partial charge in [-0.3, -0.25) is 4.79 Å². The zero-order chi connectivity index (χ0) is 16.1. The average Bonchev–Trinajstić information content (AvgIpc) is 2.49. The fourth-order valence-corrected chi connectivity index (χ4v) is 2.18. The van der Waals surface area contributed by atoms with Crippen molar-refractivity contribution >= 4 is 40.5 Å². The zero-order valence-electron chi connectivity index (χ0n) is 11.6. The molecule has 0 aliphatic carbocycles. The lowest BCUT2D eigenvalue weighted by molar-refractivity contribution is -0.114. The van der Waals surface area contributed by atoms with Gasteiger partial charge in [0, 0.05) is 11.4 Å². The van der Waals surface area contributed by atoms with E-state index >= 15 is 0 Å². The Morgan fingerprint density at radius 3 is 2.45 bits per heavy atom. The molecule has 0 spiro atoms. The molecule has 22 heavy (non-hydrogen) atoms. The van der Waals surface area contributed by atoms with Crippen LogP contribution in [0.4, 0.5) is 15.8 Å². The second kappa shape index (κ2) is 7.33. The molecule has 0 saturated heterocycles. The molecule has 2 N–H and O–H groups in total. The molecule has 0 unspecified atom stereocenters. The fraction of sp³-hybridized carbons (Fsp3) is 0.133. The van der Waals surface area contributed by atoms with E-state index in [9.17, 15) is 9.18 Å². The van der Waals surface area contributed by atoms with Gasteiger partial charge in [-0.05, 0) is 36.4 Å². The van der Waals surface area contributed by atoms with Gasteiger partial charge in [0.1, 0.15) is 11.6 Å². The van der Waals surface area contributed by atoms with Crippen molar-refractivity contribution in [3.8, 4) is 5.75 Å². The Morgan fingerprint density at radius 2 is 1.82 bits per heavy atom. The Morgan fingerprint density at radius 1 is 1.14 bits per heavy atom. The van der Waals surface area contributed by atoms with Crippen LogP contribution in [-0.2, 0) is 4.79 Å². The molecule has 7 heteroatoms. The number of carbonyl (C=O) groups excluding carboxylic acids is 1. The van der Waals surface area contributed by atoms with Crippen molar-refractivity contribution in [1.82, 2.24) is 0 Å². The summed E-state index contributed by atoms with van der Waals surface area (Å²) in [7, 11) is 1.51. The van der Waals surface area contributed by atoms with E-state index < -0.39 is 5.82 Å². The first-order valence-electron chi connectivity index (χ1n) is 6.32. The molecule has 0 bridgehead atoms. The maximum absolute atomic E-state index is 13.0. The van der Waals surface area contributed by atoms with Crippen molar-refractivity contribution in [2.75, 3.05) is 24.3 Å². The Kier molecular flexibility index (Phi) is 5.46. The zero-order valence-corrected chi connectivity index (χ0v) is 13.1. The van der Waals surface area contributed by atoms with Crippen LogP contribution in [0.15, 0.2) is 36.4 Å². The number of nitrogens with one attached hydrogen (secondary N) is 2. The number of hydrogen-bond acceptors (Lipinski definition) is 3. The fourth-order valence-electron chi connectivity index (χ4n) is 1.74. The topological polar surface area (TPSA) is 50.4 Å². The SMILES string of the molecule is COc1ccc(NC(=O)CNc2ccc(F)c(Cl)c2)cc1Cl. The summed E-state index contributed by atoms with van der Waals surface area (Å²) in [6.07, 6.45) is 0. The standard InChI is InChI=1S/C15H13Cl2FN2O2/c1-22-14-5-3-10(7-12(14)17)20-15(21)8-19-9-2-4-13(18)11(16)6-9/h2-7,19H,8H2,1H3,(H,20,21). The first-order valence-corrected chi connectivity index (χ1v) is 7.07. The van der Waals surface area contributed by atoms with Crippen LogP contribution in [0.2, 0.25) is 10.0 Å². The molecule has 0 fully saturated rings. The van der Waals surface area contributed by atoms with Crippen LogP contribution in [0.25, 0.3) is 0 Å². The highest BCUT2D eigenvalue weighted by Crippen LogP contribution is 2.27. The number of halogens is 3. The minimum atomic E-state index is -0.510. The number of anilines is 2. The van der Waals surface area contributed by atoms with E-state index in [4.69, 9.17) is 27.9 Å². The third kappa shape index (κ3) is 4.26. The van der Waals surface area contributed by atoms with Crippen molar-refractivity contribution in [2.24, 2.45) is 0 Å². The second-order valence-electron chi connectivity index (χ2n) is 4.38. The lowest BCUT2D eigenvalue weighted by Crippen LogP contribution is -2.21. The Balaban J connectivity index is 1.92. The summed E-state index contributed by atoms with van der Waals surface area (Å²) in [5, 5.41) is 5.93. The monoisotopic (exact) mass is 342 g/mol. The van der Waals surface area contributed by atoms with E-state index in [1.54, 1.807) is 18.2 Å². The van der Waals surface area contributed by atoms with E-state index in [2.05, 4.69) is 10.6 Å². The minimum absolute atomic E-state index is 0.00557. The highest BCUT2D eigenvalue weighted by molar-refractivity contribution is 6.32. The molecule has 2 aromatic rings. The van der Waals surface area contributed by atoms with Crippen LogP contribution in [0, 0.1) is 5.82 Å². The van der Waals surface area contributed by atoms with Crippen LogP contribution in [-0.4, -0.2) is 19.6 Å². The summed E-state index contributed by atoms with van der Waals surface area (Å²) >= 11 is 11.6. The number of hydrogen-bond donors (Lipinski definition) is 2. The van der Waals surface area contributed by atoms with Crippen molar-refractivity contribution in [3.63, 3.8) is 0 Å². The summed E-state index contributed by atoms with van der Waals surface area (Å²) in [6, 6.07) is 9.06. The van der Waals surface area contributed by atoms with Crippen molar-refractivity contribution in [1.29, 1.82) is 0 Å². The number of amides is 1. The molecule has 0 heterocycles. The predicted octanol–water partition coefficient (Wildman–Crippen LogP) is 4.19. The van der Waals surface area contributed by atoms with Gasteiger partial charge in [-0.25, -0.2) is 4.39 Å². The van der Waals surface area contributed by atoms with Gasteiger partial charge in [0.2, 0.25) is 5.91 Å². The number of benzene rings is 2. The van der Waals surface area contributed by atoms with Crippen LogP contribution in [0.3, 0.4) is 0 Å². The molecule has 4 nitrogen and oxygen atoms in total. The highest BCUT2D eigenvalue weighted by Gasteiger charge is 2.06. The van der Waals surface area contributed by atoms with Crippen LogP contribution in [0.5, 0.6) is 5.75 Å². The molecule has 0 atom stereocenters. The van der Waals surface area contributed by atoms with E-state index in [0.717, 1.165) is 0 Å². The van der Waals surface area contributed by atoms with Gasteiger partial charge in [-0.1, -0.05) is 23.2 Å². The maximum Gasteiger partial charge on any atom is 0.243 e. The summed E-state index contributed by atoms with van der Waals surface area (Å²) < 4.78 is 18.1. The van der Waals surface area contributed by atoms with E-state index in [1.165, 1.54) is 25.3 Å². The van der Waals surface area contributed by atoms with Crippen molar-refractivity contribution in [3.05, 3.63) is 52.3 Å².